The second-order valence-electron chi connectivity index (χ2n) is 4.03. The molecule has 98 valence electrons. The van der Waals surface area contributed by atoms with Gasteiger partial charge in [-0.15, -0.1) is 0 Å². The number of nitrogens with zero attached hydrogens (tertiary/aromatic N) is 2. The molecule has 0 saturated carbocycles. The summed E-state index contributed by atoms with van der Waals surface area (Å²) in [5, 5.41) is 0. The Bertz CT molecular complexity index is 616. The second-order valence-corrected chi connectivity index (χ2v) is 4.03. The predicted molar refractivity (Wildman–Crippen MR) is 75.1 cm³/mol. The molecule has 0 unspecified atom stereocenters. The lowest BCUT2D eigenvalue weighted by Gasteiger charge is -2.07. The van der Waals surface area contributed by atoms with Crippen LogP contribution < -0.4 is 9.47 Å². The van der Waals surface area contributed by atoms with Crippen LogP contribution in [-0.4, -0.2) is 9.97 Å². The minimum atomic E-state index is 0.393. The Morgan fingerprint density at radius 1 is 0.600 bits per heavy atom. The zero-order chi connectivity index (χ0) is 13.6. The summed E-state index contributed by atoms with van der Waals surface area (Å²) >= 11 is 0. The molecule has 0 bridgehead atoms. The lowest BCUT2D eigenvalue weighted by Crippen LogP contribution is -1.93. The van der Waals surface area contributed by atoms with E-state index in [0.717, 1.165) is 0 Å². The standard InChI is InChI=1S/C16H12N2O2/c1-3-7-13(8-4-1)19-15-11-17-12-16(18-15)20-14-9-5-2-6-10-14/h1-12H. The third kappa shape index (κ3) is 3.11. The van der Waals surface area contributed by atoms with Crippen molar-refractivity contribution in [3.05, 3.63) is 73.1 Å². The van der Waals surface area contributed by atoms with Gasteiger partial charge in [0.25, 0.3) is 0 Å². The molecule has 0 aliphatic heterocycles. The molecule has 0 N–H and O–H groups in total. The molecule has 1 aromatic heterocycles. The number of benzene rings is 2. The molecule has 0 aliphatic rings. The van der Waals surface area contributed by atoms with Crippen molar-refractivity contribution in [3.63, 3.8) is 0 Å². The summed E-state index contributed by atoms with van der Waals surface area (Å²) in [5.41, 5.74) is 0. The Hall–Kier alpha value is -2.88. The first kappa shape index (κ1) is 12.2. The molecule has 0 aliphatic carbocycles. The molecule has 20 heavy (non-hydrogen) atoms. The summed E-state index contributed by atoms with van der Waals surface area (Å²) in [4.78, 5) is 8.32. The van der Waals surface area contributed by atoms with E-state index in [-0.39, 0.29) is 0 Å². The number of hydrogen-bond donors (Lipinski definition) is 0. The zero-order valence-electron chi connectivity index (χ0n) is 10.6. The topological polar surface area (TPSA) is 44.2 Å². The van der Waals surface area contributed by atoms with E-state index in [0.29, 0.717) is 23.3 Å². The molecule has 1 heterocycles. The van der Waals surface area contributed by atoms with Crippen molar-refractivity contribution < 1.29 is 9.47 Å². The molecule has 4 heteroatoms. The van der Waals surface area contributed by atoms with Crippen LogP contribution in [0.5, 0.6) is 23.3 Å². The summed E-state index contributed by atoms with van der Waals surface area (Å²) in [6, 6.07) is 18.8. The Morgan fingerprint density at radius 3 is 1.50 bits per heavy atom. The van der Waals surface area contributed by atoms with Crippen LogP contribution >= 0.6 is 0 Å². The van der Waals surface area contributed by atoms with Crippen LogP contribution in [0.25, 0.3) is 0 Å². The fraction of sp³-hybridized carbons (Fsp3) is 0. The van der Waals surface area contributed by atoms with Gasteiger partial charge in [0.2, 0.25) is 11.8 Å². The largest absolute Gasteiger partial charge is 0.437 e. The normalized spacial score (nSPS) is 10.0. The van der Waals surface area contributed by atoms with Crippen LogP contribution in [-0.2, 0) is 0 Å². The van der Waals surface area contributed by atoms with Crippen LogP contribution in [0.2, 0.25) is 0 Å². The van der Waals surface area contributed by atoms with Gasteiger partial charge in [-0.1, -0.05) is 36.4 Å². The van der Waals surface area contributed by atoms with Gasteiger partial charge in [0, 0.05) is 0 Å². The molecule has 0 saturated heterocycles. The van der Waals surface area contributed by atoms with E-state index in [1.807, 2.05) is 60.7 Å². The molecular formula is C16H12N2O2. The Morgan fingerprint density at radius 2 is 1.05 bits per heavy atom. The van der Waals surface area contributed by atoms with Crippen LogP contribution in [0.1, 0.15) is 0 Å². The first-order chi connectivity index (χ1) is 9.90. The Kier molecular flexibility index (Phi) is 3.55. The smallest absolute Gasteiger partial charge is 0.241 e. The van der Waals surface area contributed by atoms with Crippen LogP contribution in [0.4, 0.5) is 0 Å². The van der Waals surface area contributed by atoms with Gasteiger partial charge in [-0.05, 0) is 24.3 Å². The second kappa shape index (κ2) is 5.84. The van der Waals surface area contributed by atoms with E-state index in [4.69, 9.17) is 9.47 Å². The summed E-state index contributed by atoms with van der Waals surface area (Å²) in [5.74, 6) is 2.20. The van der Waals surface area contributed by atoms with E-state index in [1.165, 1.54) is 0 Å². The predicted octanol–water partition coefficient (Wildman–Crippen LogP) is 4.06. The maximum Gasteiger partial charge on any atom is 0.241 e. The number of ether oxygens (including phenoxy) is 2. The molecule has 0 spiro atoms. The van der Waals surface area contributed by atoms with Gasteiger partial charge in [0.05, 0.1) is 12.4 Å². The van der Waals surface area contributed by atoms with E-state index < -0.39 is 0 Å². The van der Waals surface area contributed by atoms with Gasteiger partial charge < -0.3 is 9.47 Å². The molecule has 0 atom stereocenters. The van der Waals surface area contributed by atoms with Crippen LogP contribution in [0, 0.1) is 0 Å². The van der Waals surface area contributed by atoms with Crippen molar-refractivity contribution in [1.29, 1.82) is 0 Å². The Balaban J connectivity index is 1.76. The SMILES string of the molecule is c1ccc(Oc2cncc(Oc3ccccc3)n2)cc1. The molecule has 0 radical (unpaired) electrons. The molecule has 0 fully saturated rings. The molecule has 3 rings (SSSR count). The van der Waals surface area contributed by atoms with Gasteiger partial charge in [-0.25, -0.2) is 0 Å². The van der Waals surface area contributed by atoms with Crippen molar-refractivity contribution in [3.8, 4) is 23.3 Å². The highest BCUT2D eigenvalue weighted by Crippen LogP contribution is 2.22. The number of para-hydroxylation sites is 2. The van der Waals surface area contributed by atoms with Crippen molar-refractivity contribution in [2.45, 2.75) is 0 Å². The van der Waals surface area contributed by atoms with Gasteiger partial charge >= 0.3 is 0 Å². The average molecular weight is 264 g/mol. The maximum atomic E-state index is 5.60. The minimum absolute atomic E-state index is 0.393. The zero-order valence-corrected chi connectivity index (χ0v) is 10.6. The molecule has 3 aromatic rings. The minimum Gasteiger partial charge on any atom is -0.437 e. The first-order valence-electron chi connectivity index (χ1n) is 6.18. The van der Waals surface area contributed by atoms with Gasteiger partial charge in [-0.2, -0.15) is 4.98 Å². The number of aromatic nitrogens is 2. The van der Waals surface area contributed by atoms with Crippen molar-refractivity contribution in [2.24, 2.45) is 0 Å². The van der Waals surface area contributed by atoms with E-state index in [9.17, 15) is 0 Å². The summed E-state index contributed by atoms with van der Waals surface area (Å²) < 4.78 is 11.2. The van der Waals surface area contributed by atoms with Crippen molar-refractivity contribution in [1.82, 2.24) is 9.97 Å². The summed E-state index contributed by atoms with van der Waals surface area (Å²) in [7, 11) is 0. The van der Waals surface area contributed by atoms with Gasteiger partial charge in [0.15, 0.2) is 0 Å². The summed E-state index contributed by atoms with van der Waals surface area (Å²) in [6.07, 6.45) is 3.09. The van der Waals surface area contributed by atoms with E-state index in [2.05, 4.69) is 9.97 Å². The lowest BCUT2D eigenvalue weighted by atomic mass is 10.3. The highest BCUT2D eigenvalue weighted by atomic mass is 16.5. The van der Waals surface area contributed by atoms with E-state index >= 15 is 0 Å². The maximum absolute atomic E-state index is 5.60. The van der Waals surface area contributed by atoms with Crippen LogP contribution in [0.15, 0.2) is 73.1 Å². The average Bonchev–Trinajstić information content (AvgIpc) is 2.50. The first-order valence-corrected chi connectivity index (χ1v) is 6.18. The monoisotopic (exact) mass is 264 g/mol. The quantitative estimate of drug-likeness (QED) is 0.712. The fourth-order valence-electron chi connectivity index (χ4n) is 1.65. The third-order valence-corrected chi connectivity index (χ3v) is 2.52. The Labute approximate surface area is 116 Å². The van der Waals surface area contributed by atoms with E-state index in [1.54, 1.807) is 12.4 Å². The molecular weight excluding hydrogens is 252 g/mol. The van der Waals surface area contributed by atoms with Crippen molar-refractivity contribution in [2.75, 3.05) is 0 Å². The van der Waals surface area contributed by atoms with Crippen molar-refractivity contribution >= 4 is 0 Å². The lowest BCUT2D eigenvalue weighted by molar-refractivity contribution is 0.422. The third-order valence-electron chi connectivity index (χ3n) is 2.52. The highest BCUT2D eigenvalue weighted by Gasteiger charge is 2.03. The van der Waals surface area contributed by atoms with Crippen LogP contribution in [0.3, 0.4) is 0 Å². The molecule has 2 aromatic carbocycles. The summed E-state index contributed by atoms with van der Waals surface area (Å²) in [6.45, 7) is 0. The van der Waals surface area contributed by atoms with Gasteiger partial charge in [-0.3, -0.25) is 4.98 Å². The highest BCUT2D eigenvalue weighted by molar-refractivity contribution is 5.29. The van der Waals surface area contributed by atoms with Gasteiger partial charge in [0.1, 0.15) is 11.5 Å². The number of hydrogen-bond acceptors (Lipinski definition) is 4. The molecule has 0 amide bonds. The number of rotatable bonds is 4. The molecule has 4 nitrogen and oxygen atoms in total. The fourth-order valence-corrected chi connectivity index (χ4v) is 1.65.